The predicted molar refractivity (Wildman–Crippen MR) is 222 cm³/mol. The third-order valence-electron chi connectivity index (χ3n) is 10.1. The molecule has 0 radical (unpaired) electrons. The molecular formula is C48H28N4OS. The van der Waals surface area contributed by atoms with E-state index in [1.54, 1.807) is 11.3 Å². The molecule has 0 bridgehead atoms. The quantitative estimate of drug-likeness (QED) is 0.178. The van der Waals surface area contributed by atoms with Crippen molar-refractivity contribution in [3.05, 3.63) is 170 Å². The Morgan fingerprint density at radius 1 is 0.407 bits per heavy atom. The zero-order chi connectivity index (χ0) is 35.6. The number of benzene rings is 8. The van der Waals surface area contributed by atoms with Gasteiger partial charge in [-0.05, 0) is 63.0 Å². The SMILES string of the molecule is c1ccc(-c2nc3c(-c4nc(-c5ccc6ccccc6c5)nc(-c5cc(-c6ccccc6)c6ccccc6c5)n4)c4oc5ccccc5c4cc3s2)cc1. The highest BCUT2D eigenvalue weighted by Crippen LogP contribution is 2.44. The number of hydrogen-bond donors (Lipinski definition) is 0. The van der Waals surface area contributed by atoms with E-state index in [1.807, 2.05) is 42.5 Å². The Bertz CT molecular complexity index is 3220. The van der Waals surface area contributed by atoms with Crippen molar-refractivity contribution in [2.45, 2.75) is 0 Å². The number of para-hydroxylation sites is 1. The summed E-state index contributed by atoms with van der Waals surface area (Å²) in [6, 6.07) is 58.8. The van der Waals surface area contributed by atoms with E-state index in [4.69, 9.17) is 24.4 Å². The molecule has 11 rings (SSSR count). The van der Waals surface area contributed by atoms with E-state index in [0.717, 1.165) is 81.1 Å². The second-order valence-electron chi connectivity index (χ2n) is 13.4. The summed E-state index contributed by atoms with van der Waals surface area (Å²) in [7, 11) is 0. The summed E-state index contributed by atoms with van der Waals surface area (Å²) in [5.41, 5.74) is 8.18. The van der Waals surface area contributed by atoms with Crippen molar-refractivity contribution in [2.75, 3.05) is 0 Å². The zero-order valence-electron chi connectivity index (χ0n) is 28.8. The molecule has 3 aromatic heterocycles. The van der Waals surface area contributed by atoms with Gasteiger partial charge in [0.1, 0.15) is 16.2 Å². The van der Waals surface area contributed by atoms with Gasteiger partial charge in [-0.3, -0.25) is 0 Å². The fourth-order valence-corrected chi connectivity index (χ4v) is 8.54. The minimum absolute atomic E-state index is 0.511. The maximum Gasteiger partial charge on any atom is 0.170 e. The number of furan rings is 1. The van der Waals surface area contributed by atoms with Gasteiger partial charge in [0.25, 0.3) is 0 Å². The molecule has 0 spiro atoms. The van der Waals surface area contributed by atoms with Crippen LogP contribution in [0.15, 0.2) is 174 Å². The van der Waals surface area contributed by atoms with Crippen molar-refractivity contribution in [3.63, 3.8) is 0 Å². The molecule has 0 fully saturated rings. The first-order chi connectivity index (χ1) is 26.7. The number of fused-ring (bicyclic) bond motifs is 6. The summed E-state index contributed by atoms with van der Waals surface area (Å²) in [4.78, 5) is 21.1. The molecule has 11 aromatic rings. The molecule has 5 nitrogen and oxygen atoms in total. The van der Waals surface area contributed by atoms with Gasteiger partial charge in [0, 0.05) is 27.5 Å². The monoisotopic (exact) mass is 708 g/mol. The summed E-state index contributed by atoms with van der Waals surface area (Å²) >= 11 is 1.67. The predicted octanol–water partition coefficient (Wildman–Crippen LogP) is 13.0. The normalized spacial score (nSPS) is 11.7. The van der Waals surface area contributed by atoms with Gasteiger partial charge in [-0.15, -0.1) is 11.3 Å². The molecule has 0 atom stereocenters. The Hall–Kier alpha value is -7.02. The number of rotatable bonds is 5. The molecule has 0 aliphatic heterocycles. The van der Waals surface area contributed by atoms with Gasteiger partial charge in [0.05, 0.1) is 15.8 Å². The second kappa shape index (κ2) is 12.3. The van der Waals surface area contributed by atoms with Crippen LogP contribution in [0.1, 0.15) is 0 Å². The Morgan fingerprint density at radius 2 is 1.04 bits per heavy atom. The molecule has 0 unspecified atom stereocenters. The van der Waals surface area contributed by atoms with Crippen molar-refractivity contribution < 1.29 is 4.42 Å². The highest BCUT2D eigenvalue weighted by Gasteiger charge is 2.24. The van der Waals surface area contributed by atoms with Crippen LogP contribution in [-0.4, -0.2) is 19.9 Å². The van der Waals surface area contributed by atoms with E-state index in [1.165, 1.54) is 5.39 Å². The number of nitrogens with zero attached hydrogens (tertiary/aromatic N) is 4. The summed E-state index contributed by atoms with van der Waals surface area (Å²) in [6.45, 7) is 0. The van der Waals surface area contributed by atoms with Gasteiger partial charge in [-0.25, -0.2) is 19.9 Å². The summed E-state index contributed by atoms with van der Waals surface area (Å²) < 4.78 is 7.75. The zero-order valence-corrected chi connectivity index (χ0v) is 29.6. The average molecular weight is 709 g/mol. The number of hydrogen-bond acceptors (Lipinski definition) is 6. The standard InChI is InChI=1S/C48H28N4OS/c1-3-14-30(15-4-1)38-27-35(26-33-19-9-10-20-36(33)38)46-50-45(34-24-23-29-13-7-8-18-32(29)25-34)51-47(52-46)42-43-41(54-48(49-43)31-16-5-2-6-17-31)28-39-37-21-11-12-22-40(37)53-44(39)42/h1-28H. The molecule has 6 heteroatoms. The van der Waals surface area contributed by atoms with E-state index in [2.05, 4.69) is 127 Å². The van der Waals surface area contributed by atoms with E-state index in [-0.39, 0.29) is 0 Å². The Balaban J connectivity index is 1.23. The van der Waals surface area contributed by atoms with Crippen LogP contribution in [0.25, 0.3) is 110 Å². The molecule has 0 aliphatic carbocycles. The number of aromatic nitrogens is 4. The molecule has 0 saturated carbocycles. The van der Waals surface area contributed by atoms with Crippen molar-refractivity contribution in [1.29, 1.82) is 0 Å². The van der Waals surface area contributed by atoms with Crippen LogP contribution in [0, 0.1) is 0 Å². The smallest absolute Gasteiger partial charge is 0.170 e. The first-order valence-corrected chi connectivity index (χ1v) is 18.7. The Labute approximate surface area is 313 Å². The second-order valence-corrected chi connectivity index (χ2v) is 14.5. The van der Waals surface area contributed by atoms with Gasteiger partial charge in [-0.2, -0.15) is 0 Å². The van der Waals surface area contributed by atoms with Crippen LogP contribution in [0.4, 0.5) is 0 Å². The minimum Gasteiger partial charge on any atom is -0.455 e. The van der Waals surface area contributed by atoms with Gasteiger partial charge in [0.15, 0.2) is 17.5 Å². The topological polar surface area (TPSA) is 64.7 Å². The van der Waals surface area contributed by atoms with Crippen molar-refractivity contribution in [2.24, 2.45) is 0 Å². The fourth-order valence-electron chi connectivity index (χ4n) is 7.52. The van der Waals surface area contributed by atoms with Crippen molar-refractivity contribution in [1.82, 2.24) is 19.9 Å². The highest BCUT2D eigenvalue weighted by atomic mass is 32.1. The fraction of sp³-hybridized carbons (Fsp3) is 0. The third-order valence-corrected chi connectivity index (χ3v) is 11.2. The first-order valence-electron chi connectivity index (χ1n) is 17.9. The van der Waals surface area contributed by atoms with Crippen LogP contribution in [0.2, 0.25) is 0 Å². The van der Waals surface area contributed by atoms with Gasteiger partial charge >= 0.3 is 0 Å². The van der Waals surface area contributed by atoms with Crippen LogP contribution in [0.5, 0.6) is 0 Å². The molecule has 0 N–H and O–H groups in total. The van der Waals surface area contributed by atoms with Gasteiger partial charge in [0.2, 0.25) is 0 Å². The maximum absolute atomic E-state index is 6.71. The molecular weight excluding hydrogens is 681 g/mol. The minimum atomic E-state index is 0.511. The van der Waals surface area contributed by atoms with E-state index in [9.17, 15) is 0 Å². The highest BCUT2D eigenvalue weighted by molar-refractivity contribution is 7.21. The maximum atomic E-state index is 6.71. The summed E-state index contributed by atoms with van der Waals surface area (Å²) in [5.74, 6) is 1.66. The van der Waals surface area contributed by atoms with Crippen molar-refractivity contribution >= 4 is 65.0 Å². The molecule has 8 aromatic carbocycles. The van der Waals surface area contributed by atoms with Gasteiger partial charge in [-0.1, -0.05) is 140 Å². The largest absolute Gasteiger partial charge is 0.455 e. The van der Waals surface area contributed by atoms with Crippen LogP contribution in [0.3, 0.4) is 0 Å². The Morgan fingerprint density at radius 3 is 1.85 bits per heavy atom. The Kier molecular flexibility index (Phi) is 6.97. The van der Waals surface area contributed by atoms with Crippen LogP contribution < -0.4 is 0 Å². The van der Waals surface area contributed by atoms with E-state index in [0.29, 0.717) is 23.1 Å². The lowest BCUT2D eigenvalue weighted by Crippen LogP contribution is -2.01. The van der Waals surface area contributed by atoms with E-state index >= 15 is 0 Å². The summed E-state index contributed by atoms with van der Waals surface area (Å²) in [5, 5.41) is 7.51. The van der Waals surface area contributed by atoms with Crippen LogP contribution >= 0.6 is 11.3 Å². The molecule has 252 valence electrons. The average Bonchev–Trinajstić information content (AvgIpc) is 3.84. The molecule has 0 amide bonds. The molecule has 54 heavy (non-hydrogen) atoms. The summed E-state index contributed by atoms with van der Waals surface area (Å²) in [6.07, 6.45) is 0. The third kappa shape index (κ3) is 5.07. The first kappa shape index (κ1) is 30.6. The van der Waals surface area contributed by atoms with Gasteiger partial charge < -0.3 is 4.42 Å². The molecule has 0 aliphatic rings. The van der Waals surface area contributed by atoms with Crippen LogP contribution in [-0.2, 0) is 0 Å². The molecule has 3 heterocycles. The molecule has 0 saturated heterocycles. The number of thiazole rings is 1. The van der Waals surface area contributed by atoms with Crippen molar-refractivity contribution in [3.8, 4) is 55.9 Å². The van der Waals surface area contributed by atoms with E-state index < -0.39 is 0 Å². The lowest BCUT2D eigenvalue weighted by molar-refractivity contribution is 0.670. The lowest BCUT2D eigenvalue weighted by atomic mass is 9.95. The lowest BCUT2D eigenvalue weighted by Gasteiger charge is -2.13.